The van der Waals surface area contributed by atoms with Crippen molar-refractivity contribution < 1.29 is 17.9 Å². The van der Waals surface area contributed by atoms with Gasteiger partial charge in [-0.2, -0.15) is 14.1 Å². The van der Waals surface area contributed by atoms with Gasteiger partial charge in [-0.25, -0.2) is 8.42 Å². The third-order valence-corrected chi connectivity index (χ3v) is 6.14. The van der Waals surface area contributed by atoms with Crippen LogP contribution in [0, 0.1) is 0 Å². The Morgan fingerprint density at radius 1 is 1.13 bits per heavy atom. The minimum Gasteiger partial charge on any atom is -0.481 e. The number of benzene rings is 1. The van der Waals surface area contributed by atoms with Crippen LogP contribution in [-0.2, 0) is 14.8 Å². The Morgan fingerprint density at radius 3 is 2.40 bits per heavy atom. The minimum absolute atomic E-state index is 0.189. The van der Waals surface area contributed by atoms with Crippen LogP contribution in [0.5, 0.6) is 5.75 Å². The largest absolute Gasteiger partial charge is 0.481 e. The maximum atomic E-state index is 13.3. The van der Waals surface area contributed by atoms with Crippen LogP contribution >= 0.6 is 0 Å². The van der Waals surface area contributed by atoms with E-state index >= 15 is 0 Å². The van der Waals surface area contributed by atoms with Gasteiger partial charge in [-0.1, -0.05) is 18.2 Å². The van der Waals surface area contributed by atoms with Gasteiger partial charge < -0.3 is 14.4 Å². The molecule has 2 heterocycles. The Morgan fingerprint density at radius 2 is 1.80 bits per heavy atom. The van der Waals surface area contributed by atoms with E-state index in [0.717, 1.165) is 0 Å². The van der Waals surface area contributed by atoms with Crippen molar-refractivity contribution in [2.45, 2.75) is 20.0 Å². The molecule has 0 N–H and O–H groups in total. The van der Waals surface area contributed by atoms with Gasteiger partial charge >= 0.3 is 5.56 Å². The first-order valence-electron chi connectivity index (χ1n) is 9.93. The molecule has 0 radical (unpaired) electrons. The molecule has 1 aromatic carbocycles. The van der Waals surface area contributed by atoms with Crippen LogP contribution < -0.4 is 15.2 Å². The second-order valence-electron chi connectivity index (χ2n) is 7.15. The van der Waals surface area contributed by atoms with Crippen LogP contribution in [0.3, 0.4) is 0 Å². The molecule has 1 aliphatic heterocycles. The van der Waals surface area contributed by atoms with Crippen molar-refractivity contribution in [1.29, 1.82) is 0 Å². The summed E-state index contributed by atoms with van der Waals surface area (Å²) in [6.45, 7) is 6.22. The van der Waals surface area contributed by atoms with Gasteiger partial charge in [-0.05, 0) is 26.0 Å². The summed E-state index contributed by atoms with van der Waals surface area (Å²) in [4.78, 5) is 15.2. The van der Waals surface area contributed by atoms with E-state index in [2.05, 4.69) is 5.10 Å². The standard InChI is InChI=1S/C20H28N4O5S/c1-4-28-15-16(2)29-19-18(22-10-12-23(13-11-22)30(3,26)27)14-21-24(20(19)25)17-8-6-5-7-9-17/h5-9,14,16H,4,10-13,15H2,1-3H3. The molecule has 164 valence electrons. The van der Waals surface area contributed by atoms with Crippen molar-refractivity contribution in [3.63, 3.8) is 0 Å². The van der Waals surface area contributed by atoms with E-state index in [1.807, 2.05) is 36.9 Å². The lowest BCUT2D eigenvalue weighted by molar-refractivity contribution is 0.0648. The Labute approximate surface area is 176 Å². The number of anilines is 1. The van der Waals surface area contributed by atoms with E-state index in [-0.39, 0.29) is 17.4 Å². The predicted octanol–water partition coefficient (Wildman–Crippen LogP) is 1.12. The van der Waals surface area contributed by atoms with E-state index in [0.29, 0.717) is 50.8 Å². The smallest absolute Gasteiger partial charge is 0.316 e. The van der Waals surface area contributed by atoms with Crippen LogP contribution in [0.15, 0.2) is 41.3 Å². The summed E-state index contributed by atoms with van der Waals surface area (Å²) in [6, 6.07) is 9.13. The molecule has 0 saturated carbocycles. The molecule has 0 bridgehead atoms. The fraction of sp³-hybridized carbons (Fsp3) is 0.500. The maximum Gasteiger partial charge on any atom is 0.316 e. The number of piperazine rings is 1. The van der Waals surface area contributed by atoms with Gasteiger partial charge in [-0.15, -0.1) is 0 Å². The minimum atomic E-state index is -3.24. The van der Waals surface area contributed by atoms with Crippen molar-refractivity contribution in [2.75, 3.05) is 50.5 Å². The normalized spacial score (nSPS) is 16.4. The molecule has 2 aromatic rings. The summed E-state index contributed by atoms with van der Waals surface area (Å²) >= 11 is 0. The summed E-state index contributed by atoms with van der Waals surface area (Å²) < 4.78 is 37.8. The molecule has 1 atom stereocenters. The molecule has 10 heteroatoms. The van der Waals surface area contributed by atoms with Gasteiger partial charge in [0, 0.05) is 32.8 Å². The lowest BCUT2D eigenvalue weighted by atomic mass is 10.3. The first kappa shape index (κ1) is 22.3. The Balaban J connectivity index is 1.94. The summed E-state index contributed by atoms with van der Waals surface area (Å²) in [5.41, 5.74) is 0.828. The van der Waals surface area contributed by atoms with Gasteiger partial charge in [0.15, 0.2) is 0 Å². The van der Waals surface area contributed by atoms with Crippen LogP contribution in [0.1, 0.15) is 13.8 Å². The fourth-order valence-corrected chi connectivity index (χ4v) is 4.12. The zero-order valence-corrected chi connectivity index (χ0v) is 18.3. The predicted molar refractivity (Wildman–Crippen MR) is 115 cm³/mol. The van der Waals surface area contributed by atoms with E-state index in [1.165, 1.54) is 15.2 Å². The summed E-state index contributed by atoms with van der Waals surface area (Å²) in [7, 11) is -3.24. The van der Waals surface area contributed by atoms with Crippen molar-refractivity contribution in [3.8, 4) is 11.4 Å². The number of para-hydroxylation sites is 1. The molecule has 1 saturated heterocycles. The van der Waals surface area contributed by atoms with E-state index in [4.69, 9.17) is 9.47 Å². The molecule has 9 nitrogen and oxygen atoms in total. The molecule has 1 aliphatic rings. The van der Waals surface area contributed by atoms with Crippen LogP contribution in [0.4, 0.5) is 5.69 Å². The third kappa shape index (κ3) is 5.18. The zero-order valence-electron chi connectivity index (χ0n) is 17.5. The van der Waals surface area contributed by atoms with Crippen molar-refractivity contribution >= 4 is 15.7 Å². The molecule has 0 aliphatic carbocycles. The monoisotopic (exact) mass is 436 g/mol. The average molecular weight is 437 g/mol. The molecule has 3 rings (SSSR count). The molecule has 30 heavy (non-hydrogen) atoms. The number of sulfonamides is 1. The van der Waals surface area contributed by atoms with Crippen molar-refractivity contribution in [3.05, 3.63) is 46.9 Å². The Hall–Kier alpha value is -2.43. The summed E-state index contributed by atoms with van der Waals surface area (Å²) in [5, 5.41) is 4.34. The highest BCUT2D eigenvalue weighted by Gasteiger charge is 2.27. The Kier molecular flexibility index (Phi) is 7.11. The van der Waals surface area contributed by atoms with Crippen LogP contribution in [0.25, 0.3) is 5.69 Å². The van der Waals surface area contributed by atoms with Crippen LogP contribution in [0.2, 0.25) is 0 Å². The summed E-state index contributed by atoms with van der Waals surface area (Å²) in [6.07, 6.45) is 2.47. The molecule has 0 amide bonds. The van der Waals surface area contributed by atoms with Crippen molar-refractivity contribution in [2.24, 2.45) is 0 Å². The molecule has 0 spiro atoms. The SMILES string of the molecule is CCOCC(C)Oc1c(N2CCN(S(C)(=O)=O)CC2)cnn(-c2ccccc2)c1=O. The van der Waals surface area contributed by atoms with Crippen molar-refractivity contribution in [1.82, 2.24) is 14.1 Å². The second kappa shape index (κ2) is 9.59. The van der Waals surface area contributed by atoms with Gasteiger partial charge in [0.05, 0.1) is 24.7 Å². The molecule has 1 fully saturated rings. The summed E-state index contributed by atoms with van der Waals surface area (Å²) in [5.74, 6) is 0.189. The average Bonchev–Trinajstić information content (AvgIpc) is 2.73. The number of nitrogens with zero attached hydrogens (tertiary/aromatic N) is 4. The maximum absolute atomic E-state index is 13.3. The quantitative estimate of drug-likeness (QED) is 0.612. The number of hydrogen-bond donors (Lipinski definition) is 0. The number of hydrogen-bond acceptors (Lipinski definition) is 7. The first-order chi connectivity index (χ1) is 14.3. The Bertz CT molecular complexity index is 1000. The number of aromatic nitrogens is 2. The number of ether oxygens (including phenoxy) is 2. The lowest BCUT2D eigenvalue weighted by Crippen LogP contribution is -2.49. The highest BCUT2D eigenvalue weighted by Crippen LogP contribution is 2.26. The first-order valence-corrected chi connectivity index (χ1v) is 11.8. The fourth-order valence-electron chi connectivity index (χ4n) is 3.30. The number of rotatable bonds is 8. The molecule has 1 unspecified atom stereocenters. The molecular weight excluding hydrogens is 408 g/mol. The molecule has 1 aromatic heterocycles. The topological polar surface area (TPSA) is 94.0 Å². The van der Waals surface area contributed by atoms with Gasteiger partial charge in [0.2, 0.25) is 15.8 Å². The molecular formula is C20H28N4O5S. The second-order valence-corrected chi connectivity index (χ2v) is 9.13. The third-order valence-electron chi connectivity index (χ3n) is 4.84. The highest BCUT2D eigenvalue weighted by molar-refractivity contribution is 7.88. The van der Waals surface area contributed by atoms with Gasteiger partial charge in [-0.3, -0.25) is 4.79 Å². The van der Waals surface area contributed by atoms with Gasteiger partial charge in [0.1, 0.15) is 11.8 Å². The zero-order chi connectivity index (χ0) is 21.7. The van der Waals surface area contributed by atoms with E-state index in [1.54, 1.807) is 18.3 Å². The lowest BCUT2D eigenvalue weighted by Gasteiger charge is -2.35. The highest BCUT2D eigenvalue weighted by atomic mass is 32.2. The van der Waals surface area contributed by atoms with Crippen LogP contribution in [-0.4, -0.2) is 74.3 Å². The van der Waals surface area contributed by atoms with E-state index < -0.39 is 10.0 Å². The van der Waals surface area contributed by atoms with E-state index in [9.17, 15) is 13.2 Å². The van der Waals surface area contributed by atoms with Gasteiger partial charge in [0.25, 0.3) is 0 Å².